The number of carbonyl (C=O) groups is 1. The maximum absolute atomic E-state index is 12.6. The largest absolute Gasteiger partial charge is 0.493 e. The Morgan fingerprint density at radius 3 is 2.09 bits per heavy atom. The fraction of sp³-hybridized carbons (Fsp3) is 0.435. The van der Waals surface area contributed by atoms with E-state index in [4.69, 9.17) is 14.2 Å². The number of piperazine rings is 1. The van der Waals surface area contributed by atoms with E-state index in [-0.39, 0.29) is 5.91 Å². The van der Waals surface area contributed by atoms with Crippen molar-refractivity contribution in [3.05, 3.63) is 42.0 Å². The zero-order valence-corrected chi connectivity index (χ0v) is 18.6. The van der Waals surface area contributed by atoms with Gasteiger partial charge in [0.25, 0.3) is 0 Å². The lowest BCUT2D eigenvalue weighted by molar-refractivity contribution is -0.126. The number of anilines is 2. The van der Waals surface area contributed by atoms with Gasteiger partial charge >= 0.3 is 0 Å². The summed E-state index contributed by atoms with van der Waals surface area (Å²) in [6.07, 6.45) is 3.40. The molecule has 9 nitrogen and oxygen atoms in total. The number of nitrogens with zero attached hydrogens (tertiary/aromatic N) is 5. The minimum atomic E-state index is -0.00631. The molecule has 3 heterocycles. The molecule has 2 aliphatic rings. The van der Waals surface area contributed by atoms with Crippen LogP contribution >= 0.6 is 0 Å². The second-order valence-corrected chi connectivity index (χ2v) is 7.61. The van der Waals surface area contributed by atoms with Crippen molar-refractivity contribution < 1.29 is 19.0 Å². The molecule has 2 saturated heterocycles. The van der Waals surface area contributed by atoms with E-state index >= 15 is 0 Å². The molecular weight excluding hydrogens is 410 g/mol. The molecule has 0 unspecified atom stereocenters. The lowest BCUT2D eigenvalue weighted by Gasteiger charge is -2.35. The van der Waals surface area contributed by atoms with Crippen molar-refractivity contribution >= 4 is 23.6 Å². The maximum Gasteiger partial charge on any atom is 0.246 e. The minimum absolute atomic E-state index is 0.00631. The van der Waals surface area contributed by atoms with Crippen molar-refractivity contribution in [1.82, 2.24) is 15.1 Å². The molecule has 1 amide bonds. The van der Waals surface area contributed by atoms with Crippen molar-refractivity contribution in [2.24, 2.45) is 0 Å². The fourth-order valence-corrected chi connectivity index (χ4v) is 3.83. The number of aromatic nitrogens is 2. The molecule has 0 radical (unpaired) electrons. The van der Waals surface area contributed by atoms with Gasteiger partial charge in [-0.2, -0.15) is 0 Å². The van der Waals surface area contributed by atoms with Crippen molar-refractivity contribution in [2.75, 3.05) is 76.5 Å². The van der Waals surface area contributed by atoms with Crippen LogP contribution in [-0.4, -0.2) is 87.7 Å². The number of rotatable bonds is 6. The van der Waals surface area contributed by atoms with Crippen molar-refractivity contribution in [1.29, 1.82) is 0 Å². The van der Waals surface area contributed by atoms with Crippen LogP contribution in [0.3, 0.4) is 0 Å². The summed E-state index contributed by atoms with van der Waals surface area (Å²) in [5.74, 6) is 3.01. The van der Waals surface area contributed by atoms with Gasteiger partial charge in [-0.1, -0.05) is 6.07 Å². The molecule has 0 bridgehead atoms. The smallest absolute Gasteiger partial charge is 0.246 e. The summed E-state index contributed by atoms with van der Waals surface area (Å²) in [4.78, 5) is 18.8. The third-order valence-electron chi connectivity index (χ3n) is 5.71. The van der Waals surface area contributed by atoms with Gasteiger partial charge < -0.3 is 28.9 Å². The summed E-state index contributed by atoms with van der Waals surface area (Å²) < 4.78 is 16.0. The normalized spacial score (nSPS) is 17.0. The topological polar surface area (TPSA) is 80.3 Å². The number of amides is 1. The van der Waals surface area contributed by atoms with Gasteiger partial charge in [-0.25, -0.2) is 0 Å². The Kier molecular flexibility index (Phi) is 7.06. The van der Waals surface area contributed by atoms with Gasteiger partial charge in [0, 0.05) is 45.3 Å². The number of carbonyl (C=O) groups excluding carboxylic acids is 1. The molecular formula is C23H29N5O4. The summed E-state index contributed by atoms with van der Waals surface area (Å²) in [6, 6.07) is 9.58. The first-order chi connectivity index (χ1) is 15.7. The summed E-state index contributed by atoms with van der Waals surface area (Å²) >= 11 is 0. The number of benzene rings is 1. The van der Waals surface area contributed by atoms with Crippen LogP contribution in [0.25, 0.3) is 6.08 Å². The third-order valence-corrected chi connectivity index (χ3v) is 5.71. The molecule has 1 aromatic heterocycles. The highest BCUT2D eigenvalue weighted by Gasteiger charge is 2.21. The fourth-order valence-electron chi connectivity index (χ4n) is 3.83. The first kappa shape index (κ1) is 21.9. The van der Waals surface area contributed by atoms with Gasteiger partial charge in [-0.05, 0) is 35.9 Å². The van der Waals surface area contributed by atoms with Gasteiger partial charge in [-0.3, -0.25) is 4.79 Å². The number of morpholine rings is 1. The molecule has 0 N–H and O–H groups in total. The molecule has 2 fully saturated rings. The Labute approximate surface area is 188 Å². The van der Waals surface area contributed by atoms with Crippen LogP contribution in [0.4, 0.5) is 11.6 Å². The van der Waals surface area contributed by atoms with Crippen LogP contribution in [0.1, 0.15) is 5.56 Å². The number of methoxy groups -OCH3 is 2. The van der Waals surface area contributed by atoms with Crippen LogP contribution in [0, 0.1) is 0 Å². The summed E-state index contributed by atoms with van der Waals surface area (Å²) in [5, 5.41) is 8.80. The highest BCUT2D eigenvalue weighted by atomic mass is 16.5. The van der Waals surface area contributed by atoms with E-state index in [1.54, 1.807) is 26.4 Å². The van der Waals surface area contributed by atoms with Gasteiger partial charge in [0.1, 0.15) is 0 Å². The average molecular weight is 440 g/mol. The van der Waals surface area contributed by atoms with Crippen LogP contribution in [-0.2, 0) is 9.53 Å². The Morgan fingerprint density at radius 1 is 0.875 bits per heavy atom. The first-order valence-corrected chi connectivity index (χ1v) is 10.8. The van der Waals surface area contributed by atoms with Gasteiger partial charge in [0.15, 0.2) is 23.1 Å². The Balaban J connectivity index is 1.30. The van der Waals surface area contributed by atoms with Crippen LogP contribution in [0.2, 0.25) is 0 Å². The standard InChI is InChI=1S/C23H29N5O4/c1-30-19-5-3-18(17-20(19)31-2)4-8-23(29)28-11-9-26(10-12-28)21-6-7-22(25-24-21)27-13-15-32-16-14-27/h3-8,17H,9-16H2,1-2H3/b8-4+. The Hall–Kier alpha value is -3.33. The lowest BCUT2D eigenvalue weighted by Crippen LogP contribution is -2.48. The molecule has 0 saturated carbocycles. The second-order valence-electron chi connectivity index (χ2n) is 7.61. The van der Waals surface area contributed by atoms with E-state index < -0.39 is 0 Å². The van der Waals surface area contributed by atoms with E-state index in [1.165, 1.54) is 0 Å². The average Bonchev–Trinajstić information content (AvgIpc) is 2.87. The minimum Gasteiger partial charge on any atom is -0.493 e. The highest BCUT2D eigenvalue weighted by Crippen LogP contribution is 2.28. The van der Waals surface area contributed by atoms with Crippen LogP contribution < -0.4 is 19.3 Å². The predicted molar refractivity (Wildman–Crippen MR) is 122 cm³/mol. The summed E-state index contributed by atoms with van der Waals surface area (Å²) in [7, 11) is 3.19. The van der Waals surface area contributed by atoms with E-state index in [1.807, 2.05) is 35.2 Å². The SMILES string of the molecule is COc1ccc(/C=C/C(=O)N2CCN(c3ccc(N4CCOCC4)nn3)CC2)cc1OC. The molecule has 2 aliphatic heterocycles. The van der Waals surface area contributed by atoms with E-state index in [2.05, 4.69) is 20.0 Å². The molecule has 0 spiro atoms. The molecule has 9 heteroatoms. The zero-order chi connectivity index (χ0) is 22.3. The van der Waals surface area contributed by atoms with Crippen molar-refractivity contribution in [2.45, 2.75) is 0 Å². The third kappa shape index (κ3) is 5.11. The lowest BCUT2D eigenvalue weighted by atomic mass is 10.2. The van der Waals surface area contributed by atoms with E-state index in [0.717, 1.165) is 56.6 Å². The second kappa shape index (κ2) is 10.3. The van der Waals surface area contributed by atoms with Crippen LogP contribution in [0.5, 0.6) is 11.5 Å². The maximum atomic E-state index is 12.6. The Morgan fingerprint density at radius 2 is 1.50 bits per heavy atom. The quantitative estimate of drug-likeness (QED) is 0.629. The molecule has 2 aromatic rings. The number of ether oxygens (including phenoxy) is 3. The highest BCUT2D eigenvalue weighted by molar-refractivity contribution is 5.92. The van der Waals surface area contributed by atoms with E-state index in [9.17, 15) is 4.79 Å². The van der Waals surface area contributed by atoms with Gasteiger partial charge in [-0.15, -0.1) is 10.2 Å². The number of hydrogen-bond donors (Lipinski definition) is 0. The predicted octanol–water partition coefficient (Wildman–Crippen LogP) is 1.69. The molecule has 4 rings (SSSR count). The number of hydrogen-bond acceptors (Lipinski definition) is 8. The monoisotopic (exact) mass is 439 g/mol. The molecule has 0 aliphatic carbocycles. The Bertz CT molecular complexity index is 936. The molecule has 1 aromatic carbocycles. The summed E-state index contributed by atoms with van der Waals surface area (Å²) in [6.45, 7) is 5.85. The van der Waals surface area contributed by atoms with Crippen molar-refractivity contribution in [3.8, 4) is 11.5 Å². The van der Waals surface area contributed by atoms with Crippen LogP contribution in [0.15, 0.2) is 36.4 Å². The summed E-state index contributed by atoms with van der Waals surface area (Å²) in [5.41, 5.74) is 0.880. The van der Waals surface area contributed by atoms with Gasteiger partial charge in [0.2, 0.25) is 5.91 Å². The van der Waals surface area contributed by atoms with Gasteiger partial charge in [0.05, 0.1) is 27.4 Å². The molecule has 32 heavy (non-hydrogen) atoms. The zero-order valence-electron chi connectivity index (χ0n) is 18.6. The van der Waals surface area contributed by atoms with Crippen molar-refractivity contribution in [3.63, 3.8) is 0 Å². The first-order valence-electron chi connectivity index (χ1n) is 10.8. The molecule has 0 atom stereocenters. The molecule has 170 valence electrons. The van der Waals surface area contributed by atoms with E-state index in [0.29, 0.717) is 24.6 Å².